The van der Waals surface area contributed by atoms with Gasteiger partial charge in [0.05, 0.1) is 10.3 Å². The minimum atomic E-state index is -0.0469. The fourth-order valence-corrected chi connectivity index (χ4v) is 4.06. The molecule has 6 heteroatoms. The van der Waals surface area contributed by atoms with E-state index in [0.29, 0.717) is 13.1 Å². The molecule has 120 valence electrons. The molecule has 1 aromatic carbocycles. The summed E-state index contributed by atoms with van der Waals surface area (Å²) in [5.41, 5.74) is 2.36. The molecule has 0 aliphatic heterocycles. The number of aromatic nitrogens is 1. The number of benzene rings is 1. The van der Waals surface area contributed by atoms with Gasteiger partial charge in [0.15, 0.2) is 0 Å². The first-order valence-corrected chi connectivity index (χ1v) is 9.02. The van der Waals surface area contributed by atoms with Crippen LogP contribution in [0.2, 0.25) is 0 Å². The summed E-state index contributed by atoms with van der Waals surface area (Å²) in [6.45, 7) is 1.24. The lowest BCUT2D eigenvalue weighted by Gasteiger charge is -2.17. The summed E-state index contributed by atoms with van der Waals surface area (Å²) in [6.07, 6.45) is 2.83. The summed E-state index contributed by atoms with van der Waals surface area (Å²) in [7, 11) is 1.81. The smallest absolute Gasteiger partial charge is 0.317 e. The molecule has 2 heterocycles. The van der Waals surface area contributed by atoms with E-state index >= 15 is 0 Å². The first kappa shape index (κ1) is 16.1. The zero-order valence-corrected chi connectivity index (χ0v) is 15.2. The molecule has 2 amide bonds. The topological polar surface area (TPSA) is 48.1 Å². The lowest BCUT2D eigenvalue weighted by atomic mass is 10.1. The third-order valence-electron chi connectivity index (χ3n) is 3.71. The van der Waals surface area contributed by atoms with Crippen molar-refractivity contribution < 1.29 is 4.79 Å². The molecule has 0 fully saturated rings. The highest BCUT2D eigenvalue weighted by Crippen LogP contribution is 2.23. The molecule has 4 nitrogen and oxygen atoms in total. The third kappa shape index (κ3) is 3.95. The molecule has 0 unspecified atom stereocenters. The van der Waals surface area contributed by atoms with Crippen LogP contribution in [0.25, 0.3) is 10.9 Å². The minimum absolute atomic E-state index is 0.0469. The van der Waals surface area contributed by atoms with E-state index in [4.69, 9.17) is 0 Å². The molecule has 0 aliphatic carbocycles. The Morgan fingerprint density at radius 3 is 2.91 bits per heavy atom. The van der Waals surface area contributed by atoms with Crippen molar-refractivity contribution >= 4 is 44.2 Å². The predicted octanol–water partition coefficient (Wildman–Crippen LogP) is 4.38. The number of nitrogens with one attached hydrogen (secondary N) is 2. The van der Waals surface area contributed by atoms with Crippen molar-refractivity contribution in [1.82, 2.24) is 15.2 Å². The Bertz CT molecular complexity index is 811. The number of nitrogens with zero attached hydrogens (tertiary/aromatic N) is 1. The van der Waals surface area contributed by atoms with Gasteiger partial charge in [-0.15, -0.1) is 11.3 Å². The SMILES string of the molecule is CN(Cc1ccc(Br)s1)C(=O)NCCc1c[nH]c2ccccc12. The second-order valence-corrected chi connectivity index (χ2v) is 7.95. The van der Waals surface area contributed by atoms with Gasteiger partial charge in [-0.25, -0.2) is 4.79 Å². The minimum Gasteiger partial charge on any atom is -0.361 e. The van der Waals surface area contributed by atoms with Crippen LogP contribution in [0.1, 0.15) is 10.4 Å². The number of amides is 2. The van der Waals surface area contributed by atoms with Crippen LogP contribution < -0.4 is 5.32 Å². The number of urea groups is 1. The van der Waals surface area contributed by atoms with Crippen LogP contribution in [-0.2, 0) is 13.0 Å². The van der Waals surface area contributed by atoms with Crippen molar-refractivity contribution in [2.75, 3.05) is 13.6 Å². The van der Waals surface area contributed by atoms with Gasteiger partial charge in [0.2, 0.25) is 0 Å². The number of aromatic amines is 1. The van der Waals surface area contributed by atoms with E-state index < -0.39 is 0 Å². The Labute approximate surface area is 147 Å². The van der Waals surface area contributed by atoms with Gasteiger partial charge < -0.3 is 15.2 Å². The number of thiophene rings is 1. The lowest BCUT2D eigenvalue weighted by molar-refractivity contribution is 0.207. The highest BCUT2D eigenvalue weighted by molar-refractivity contribution is 9.11. The Morgan fingerprint density at radius 1 is 1.30 bits per heavy atom. The average Bonchev–Trinajstić information content (AvgIpc) is 3.14. The second kappa shape index (κ2) is 7.19. The Morgan fingerprint density at radius 2 is 2.13 bits per heavy atom. The van der Waals surface area contributed by atoms with Crippen molar-refractivity contribution in [3.8, 4) is 0 Å². The molecule has 3 rings (SSSR count). The zero-order valence-electron chi connectivity index (χ0n) is 12.8. The van der Waals surface area contributed by atoms with Crippen molar-refractivity contribution in [3.05, 3.63) is 56.8 Å². The van der Waals surface area contributed by atoms with E-state index in [0.717, 1.165) is 20.6 Å². The summed E-state index contributed by atoms with van der Waals surface area (Å²) in [5, 5.41) is 4.20. The molecule has 0 aliphatic rings. The van der Waals surface area contributed by atoms with E-state index in [1.165, 1.54) is 10.9 Å². The van der Waals surface area contributed by atoms with Crippen LogP contribution in [0, 0.1) is 0 Å². The van der Waals surface area contributed by atoms with E-state index in [9.17, 15) is 4.79 Å². The van der Waals surface area contributed by atoms with Crippen molar-refractivity contribution in [2.45, 2.75) is 13.0 Å². The number of hydrogen-bond acceptors (Lipinski definition) is 2. The zero-order chi connectivity index (χ0) is 16.2. The van der Waals surface area contributed by atoms with Gasteiger partial charge in [-0.3, -0.25) is 0 Å². The molecule has 2 N–H and O–H groups in total. The number of halogens is 1. The normalized spacial score (nSPS) is 10.9. The summed E-state index contributed by atoms with van der Waals surface area (Å²) < 4.78 is 1.08. The highest BCUT2D eigenvalue weighted by Gasteiger charge is 2.10. The van der Waals surface area contributed by atoms with Crippen LogP contribution in [0.3, 0.4) is 0 Å². The lowest BCUT2D eigenvalue weighted by Crippen LogP contribution is -2.37. The van der Waals surface area contributed by atoms with Crippen LogP contribution in [-0.4, -0.2) is 29.5 Å². The maximum Gasteiger partial charge on any atom is 0.317 e. The first-order valence-electron chi connectivity index (χ1n) is 7.41. The predicted molar refractivity (Wildman–Crippen MR) is 98.9 cm³/mol. The summed E-state index contributed by atoms with van der Waals surface area (Å²) in [6, 6.07) is 12.2. The van der Waals surface area contributed by atoms with Crippen LogP contribution in [0.5, 0.6) is 0 Å². The summed E-state index contributed by atoms with van der Waals surface area (Å²) in [4.78, 5) is 18.3. The molecule has 0 atom stereocenters. The van der Waals surface area contributed by atoms with Gasteiger partial charge in [-0.2, -0.15) is 0 Å². The average molecular weight is 392 g/mol. The van der Waals surface area contributed by atoms with Crippen LogP contribution in [0.15, 0.2) is 46.4 Å². The molecule has 0 radical (unpaired) electrons. The third-order valence-corrected chi connectivity index (χ3v) is 5.32. The molecule has 2 aromatic heterocycles. The van der Waals surface area contributed by atoms with Crippen molar-refractivity contribution in [1.29, 1.82) is 0 Å². The molecule has 0 saturated carbocycles. The van der Waals surface area contributed by atoms with E-state index in [1.54, 1.807) is 16.2 Å². The molecule has 0 saturated heterocycles. The number of H-pyrrole nitrogens is 1. The van der Waals surface area contributed by atoms with Gasteiger partial charge in [-0.1, -0.05) is 18.2 Å². The van der Waals surface area contributed by atoms with Gasteiger partial charge in [-0.05, 0) is 46.1 Å². The maximum absolute atomic E-state index is 12.1. The highest BCUT2D eigenvalue weighted by atomic mass is 79.9. The quantitative estimate of drug-likeness (QED) is 0.665. The molecule has 3 aromatic rings. The van der Waals surface area contributed by atoms with Crippen molar-refractivity contribution in [2.24, 2.45) is 0 Å². The number of fused-ring (bicyclic) bond motifs is 1. The standard InChI is InChI=1S/C17H18BrN3OS/c1-21(11-13-6-7-16(18)23-13)17(22)19-9-8-12-10-20-15-5-3-2-4-14(12)15/h2-7,10,20H,8-9,11H2,1H3,(H,19,22). The van der Waals surface area contributed by atoms with E-state index in [-0.39, 0.29) is 6.03 Å². The molecule has 0 bridgehead atoms. The van der Waals surface area contributed by atoms with Gasteiger partial charge >= 0.3 is 6.03 Å². The largest absolute Gasteiger partial charge is 0.361 e. The van der Waals surface area contributed by atoms with Gasteiger partial charge in [0.25, 0.3) is 0 Å². The number of hydrogen-bond donors (Lipinski definition) is 2. The fourth-order valence-electron chi connectivity index (χ4n) is 2.52. The molecule has 0 spiro atoms. The number of rotatable bonds is 5. The van der Waals surface area contributed by atoms with Crippen molar-refractivity contribution in [3.63, 3.8) is 0 Å². The number of carbonyl (C=O) groups excluding carboxylic acids is 1. The molecule has 23 heavy (non-hydrogen) atoms. The summed E-state index contributed by atoms with van der Waals surface area (Å²) in [5.74, 6) is 0. The Hall–Kier alpha value is -1.79. The fraction of sp³-hybridized carbons (Fsp3) is 0.235. The summed E-state index contributed by atoms with van der Waals surface area (Å²) >= 11 is 5.09. The van der Waals surface area contributed by atoms with E-state index in [2.05, 4.69) is 38.4 Å². The monoisotopic (exact) mass is 391 g/mol. The maximum atomic E-state index is 12.1. The van der Waals surface area contributed by atoms with E-state index in [1.807, 2.05) is 37.5 Å². The Kier molecular flexibility index (Phi) is 5.03. The second-order valence-electron chi connectivity index (χ2n) is 5.40. The molecular weight excluding hydrogens is 374 g/mol. The van der Waals surface area contributed by atoms with Gasteiger partial charge in [0.1, 0.15) is 0 Å². The van der Waals surface area contributed by atoms with Crippen LogP contribution in [0.4, 0.5) is 4.79 Å². The van der Waals surface area contributed by atoms with Crippen LogP contribution >= 0.6 is 27.3 Å². The number of para-hydroxylation sites is 1. The molecular formula is C17H18BrN3OS. The van der Waals surface area contributed by atoms with Gasteiger partial charge in [0, 0.05) is 35.6 Å². The number of carbonyl (C=O) groups is 1. The Balaban J connectivity index is 1.50. The first-order chi connectivity index (χ1) is 11.1.